The highest BCUT2D eigenvalue weighted by atomic mass is 35.5. The molecule has 2 fully saturated rings. The first-order valence-electron chi connectivity index (χ1n) is 8.63. The van der Waals surface area contributed by atoms with Crippen LogP contribution >= 0.6 is 23.2 Å². The standard InChI is InChI=1S/C18H22Cl2N2O3/c19-15-2-1-13(11-16(15)20)12-17(23)21-5-3-14(4-6-21)18(24)22-7-9-25-10-8-22/h1-2,11,14H,3-10,12H2. The Morgan fingerprint density at radius 2 is 1.68 bits per heavy atom. The van der Waals surface area contributed by atoms with Gasteiger partial charge < -0.3 is 14.5 Å². The Morgan fingerprint density at radius 3 is 2.32 bits per heavy atom. The molecule has 1 aromatic carbocycles. The van der Waals surface area contributed by atoms with Crippen molar-refractivity contribution in [3.8, 4) is 0 Å². The zero-order chi connectivity index (χ0) is 17.8. The summed E-state index contributed by atoms with van der Waals surface area (Å²) in [6, 6.07) is 5.26. The van der Waals surface area contributed by atoms with E-state index in [1.807, 2.05) is 15.9 Å². The summed E-state index contributed by atoms with van der Waals surface area (Å²) in [5.74, 6) is 0.294. The molecule has 5 nitrogen and oxygen atoms in total. The van der Waals surface area contributed by atoms with Crippen LogP contribution in [0.25, 0.3) is 0 Å². The lowest BCUT2D eigenvalue weighted by Gasteiger charge is -2.35. The predicted octanol–water partition coefficient (Wildman–Crippen LogP) is 2.63. The van der Waals surface area contributed by atoms with E-state index in [9.17, 15) is 9.59 Å². The number of hydrogen-bond donors (Lipinski definition) is 0. The quantitative estimate of drug-likeness (QED) is 0.804. The molecule has 0 unspecified atom stereocenters. The van der Waals surface area contributed by atoms with E-state index in [0.29, 0.717) is 55.9 Å². The van der Waals surface area contributed by atoms with E-state index in [1.54, 1.807) is 12.1 Å². The number of hydrogen-bond acceptors (Lipinski definition) is 3. The fourth-order valence-corrected chi connectivity index (χ4v) is 3.67. The van der Waals surface area contributed by atoms with Gasteiger partial charge in [0, 0.05) is 32.1 Å². The number of amides is 2. The van der Waals surface area contributed by atoms with Crippen LogP contribution in [0.4, 0.5) is 0 Å². The molecule has 136 valence electrons. The molecule has 0 aromatic heterocycles. The number of morpholine rings is 1. The number of rotatable bonds is 3. The largest absolute Gasteiger partial charge is 0.378 e. The zero-order valence-corrected chi connectivity index (χ0v) is 15.6. The maximum Gasteiger partial charge on any atom is 0.226 e. The van der Waals surface area contributed by atoms with Crippen molar-refractivity contribution in [2.75, 3.05) is 39.4 Å². The van der Waals surface area contributed by atoms with Gasteiger partial charge in [-0.05, 0) is 30.5 Å². The third kappa shape index (κ3) is 4.66. The third-order valence-corrected chi connectivity index (χ3v) is 5.60. The Hall–Kier alpha value is -1.30. The molecule has 3 rings (SSSR count). The number of ether oxygens (including phenoxy) is 1. The van der Waals surface area contributed by atoms with Gasteiger partial charge in [0.1, 0.15) is 0 Å². The molecule has 2 heterocycles. The number of piperidine rings is 1. The zero-order valence-electron chi connectivity index (χ0n) is 14.0. The van der Waals surface area contributed by atoms with Gasteiger partial charge in [0.15, 0.2) is 0 Å². The van der Waals surface area contributed by atoms with Crippen molar-refractivity contribution in [2.24, 2.45) is 5.92 Å². The van der Waals surface area contributed by atoms with Crippen LogP contribution in [-0.2, 0) is 20.7 Å². The second-order valence-corrected chi connectivity index (χ2v) is 7.33. The topological polar surface area (TPSA) is 49.9 Å². The van der Waals surface area contributed by atoms with Gasteiger partial charge in [-0.2, -0.15) is 0 Å². The Bertz CT molecular complexity index is 639. The molecule has 0 saturated carbocycles. The molecule has 0 spiro atoms. The Labute approximate surface area is 157 Å². The van der Waals surface area contributed by atoms with Crippen LogP contribution in [0, 0.1) is 5.92 Å². The molecule has 0 atom stereocenters. The van der Waals surface area contributed by atoms with Crippen LogP contribution in [0.1, 0.15) is 18.4 Å². The average Bonchev–Trinajstić information content (AvgIpc) is 2.65. The third-order valence-electron chi connectivity index (χ3n) is 4.86. The normalized spacial score (nSPS) is 19.1. The molecule has 25 heavy (non-hydrogen) atoms. The minimum atomic E-state index is 0.0205. The predicted molar refractivity (Wildman–Crippen MR) is 96.9 cm³/mol. The lowest BCUT2D eigenvalue weighted by Crippen LogP contribution is -2.47. The minimum absolute atomic E-state index is 0.0205. The van der Waals surface area contributed by atoms with Crippen LogP contribution in [0.3, 0.4) is 0 Å². The van der Waals surface area contributed by atoms with Crippen LogP contribution in [0.5, 0.6) is 0 Å². The van der Waals surface area contributed by atoms with E-state index in [4.69, 9.17) is 27.9 Å². The maximum absolute atomic E-state index is 12.5. The number of halogens is 2. The van der Waals surface area contributed by atoms with Gasteiger partial charge in [-0.3, -0.25) is 9.59 Å². The summed E-state index contributed by atoms with van der Waals surface area (Å²) < 4.78 is 5.29. The van der Waals surface area contributed by atoms with Gasteiger partial charge in [0.05, 0.1) is 29.7 Å². The first-order chi connectivity index (χ1) is 12.0. The first-order valence-corrected chi connectivity index (χ1v) is 9.38. The summed E-state index contributed by atoms with van der Waals surface area (Å²) in [6.45, 7) is 3.84. The fourth-order valence-electron chi connectivity index (χ4n) is 3.35. The molecule has 0 bridgehead atoms. The summed E-state index contributed by atoms with van der Waals surface area (Å²) in [5.41, 5.74) is 0.853. The highest BCUT2D eigenvalue weighted by Gasteiger charge is 2.30. The van der Waals surface area contributed by atoms with Crippen LogP contribution < -0.4 is 0 Å². The lowest BCUT2D eigenvalue weighted by atomic mass is 9.94. The monoisotopic (exact) mass is 384 g/mol. The van der Waals surface area contributed by atoms with Crippen LogP contribution in [0.15, 0.2) is 18.2 Å². The van der Waals surface area contributed by atoms with E-state index < -0.39 is 0 Å². The number of benzene rings is 1. The van der Waals surface area contributed by atoms with Gasteiger partial charge in [-0.25, -0.2) is 0 Å². The Kier molecular flexibility index (Phi) is 6.20. The summed E-state index contributed by atoms with van der Waals surface area (Å²) in [4.78, 5) is 28.7. The van der Waals surface area contributed by atoms with Gasteiger partial charge in [0.25, 0.3) is 0 Å². The van der Waals surface area contributed by atoms with E-state index in [2.05, 4.69) is 0 Å². The highest BCUT2D eigenvalue weighted by Crippen LogP contribution is 2.24. The number of nitrogens with zero attached hydrogens (tertiary/aromatic N) is 2. The summed E-state index contributed by atoms with van der Waals surface area (Å²) >= 11 is 11.9. The van der Waals surface area contributed by atoms with Gasteiger partial charge in [-0.15, -0.1) is 0 Å². The molecule has 2 saturated heterocycles. The number of likely N-dealkylation sites (tertiary alicyclic amines) is 1. The molecule has 1 aromatic rings. The van der Waals surface area contributed by atoms with Crippen LogP contribution in [-0.4, -0.2) is 61.0 Å². The van der Waals surface area contributed by atoms with E-state index in [1.165, 1.54) is 0 Å². The maximum atomic E-state index is 12.5. The molecular weight excluding hydrogens is 363 g/mol. The van der Waals surface area contributed by atoms with Crippen molar-refractivity contribution in [1.82, 2.24) is 9.80 Å². The smallest absolute Gasteiger partial charge is 0.226 e. The Balaban J connectivity index is 1.50. The van der Waals surface area contributed by atoms with Crippen molar-refractivity contribution >= 4 is 35.0 Å². The SMILES string of the molecule is O=C(Cc1ccc(Cl)c(Cl)c1)N1CCC(C(=O)N2CCOCC2)CC1. The second-order valence-electron chi connectivity index (χ2n) is 6.52. The number of carbonyl (C=O) groups is 2. The van der Waals surface area contributed by atoms with Gasteiger partial charge in [0.2, 0.25) is 11.8 Å². The fraction of sp³-hybridized carbons (Fsp3) is 0.556. The summed E-state index contributed by atoms with van der Waals surface area (Å²) in [7, 11) is 0. The Morgan fingerprint density at radius 1 is 1.00 bits per heavy atom. The average molecular weight is 385 g/mol. The van der Waals surface area contributed by atoms with Crippen LogP contribution in [0.2, 0.25) is 10.0 Å². The van der Waals surface area contributed by atoms with Crippen molar-refractivity contribution in [2.45, 2.75) is 19.3 Å². The lowest BCUT2D eigenvalue weighted by molar-refractivity contribution is -0.143. The van der Waals surface area contributed by atoms with Crippen molar-refractivity contribution in [3.63, 3.8) is 0 Å². The second kappa shape index (κ2) is 8.39. The van der Waals surface area contributed by atoms with E-state index >= 15 is 0 Å². The van der Waals surface area contributed by atoms with Gasteiger partial charge in [-0.1, -0.05) is 29.3 Å². The molecule has 2 aliphatic heterocycles. The van der Waals surface area contributed by atoms with E-state index in [0.717, 1.165) is 18.4 Å². The van der Waals surface area contributed by atoms with E-state index in [-0.39, 0.29) is 17.7 Å². The highest BCUT2D eigenvalue weighted by molar-refractivity contribution is 6.42. The molecular formula is C18H22Cl2N2O3. The van der Waals surface area contributed by atoms with Crippen molar-refractivity contribution in [1.29, 1.82) is 0 Å². The minimum Gasteiger partial charge on any atom is -0.378 e. The number of carbonyl (C=O) groups excluding carboxylic acids is 2. The first kappa shape index (κ1) is 18.5. The molecule has 0 radical (unpaired) electrons. The van der Waals surface area contributed by atoms with Crippen molar-refractivity contribution in [3.05, 3.63) is 33.8 Å². The molecule has 2 aliphatic rings. The summed E-state index contributed by atoms with van der Waals surface area (Å²) in [5, 5.41) is 0.946. The molecule has 7 heteroatoms. The molecule has 2 amide bonds. The summed E-state index contributed by atoms with van der Waals surface area (Å²) in [6.07, 6.45) is 1.76. The molecule has 0 N–H and O–H groups in total. The van der Waals surface area contributed by atoms with Gasteiger partial charge >= 0.3 is 0 Å². The van der Waals surface area contributed by atoms with Crippen molar-refractivity contribution < 1.29 is 14.3 Å². The molecule has 0 aliphatic carbocycles.